The maximum Gasteiger partial charge on any atom is 0.337 e. The maximum absolute atomic E-state index is 12.7. The topological polar surface area (TPSA) is 46.6 Å². The fourth-order valence-electron chi connectivity index (χ4n) is 2.30. The van der Waals surface area contributed by atoms with Gasteiger partial charge in [-0.3, -0.25) is 9.69 Å². The predicted octanol–water partition coefficient (Wildman–Crippen LogP) is 4.53. The van der Waals surface area contributed by atoms with Crippen molar-refractivity contribution in [2.45, 2.75) is 0 Å². The number of halogens is 1. The Labute approximate surface area is 159 Å². The number of ether oxygens (including phenoxy) is 1. The number of benzene rings is 2. The Morgan fingerprint density at radius 1 is 1.24 bits per heavy atom. The quantitative estimate of drug-likeness (QED) is 0.438. The van der Waals surface area contributed by atoms with Gasteiger partial charge in [0, 0.05) is 5.02 Å². The number of thioether (sulfide) groups is 1. The lowest BCUT2D eigenvalue weighted by atomic mass is 10.2. The third-order valence-corrected chi connectivity index (χ3v) is 5.02. The van der Waals surface area contributed by atoms with Gasteiger partial charge in [0.1, 0.15) is 0 Å². The smallest absolute Gasteiger partial charge is 0.337 e. The molecule has 0 bridgehead atoms. The molecule has 4 nitrogen and oxygen atoms in total. The number of thiocarbonyl (C=S) groups is 1. The molecule has 1 aliphatic heterocycles. The number of rotatable bonds is 3. The second-order valence-electron chi connectivity index (χ2n) is 5.11. The Balaban J connectivity index is 1.87. The number of nitrogens with zero attached hydrogens (tertiary/aromatic N) is 1. The third-order valence-electron chi connectivity index (χ3n) is 3.49. The van der Waals surface area contributed by atoms with Crippen molar-refractivity contribution in [3.63, 3.8) is 0 Å². The highest BCUT2D eigenvalue weighted by Gasteiger charge is 2.33. The first kappa shape index (κ1) is 17.7. The maximum atomic E-state index is 12.7. The molecule has 2 aromatic carbocycles. The van der Waals surface area contributed by atoms with E-state index in [-0.39, 0.29) is 5.91 Å². The molecule has 1 fully saturated rings. The Hall–Kier alpha value is -2.15. The summed E-state index contributed by atoms with van der Waals surface area (Å²) in [6.07, 6.45) is 1.76. The van der Waals surface area contributed by atoms with Crippen LogP contribution in [0.15, 0.2) is 53.4 Å². The Bertz CT molecular complexity index is 893. The molecule has 3 rings (SSSR count). The summed E-state index contributed by atoms with van der Waals surface area (Å²) in [4.78, 5) is 26.2. The summed E-state index contributed by atoms with van der Waals surface area (Å²) >= 11 is 12.5. The molecule has 0 spiro atoms. The van der Waals surface area contributed by atoms with Gasteiger partial charge in [0.25, 0.3) is 5.91 Å². The largest absolute Gasteiger partial charge is 0.465 e. The SMILES string of the molecule is COC(=O)c1ccc(N2C(=O)/C(=C/c3cccc(Cl)c3)SC2=S)cc1. The van der Waals surface area contributed by atoms with Crippen LogP contribution in [0, 0.1) is 0 Å². The van der Waals surface area contributed by atoms with Crippen LogP contribution >= 0.6 is 35.6 Å². The summed E-state index contributed by atoms with van der Waals surface area (Å²) < 4.78 is 5.10. The zero-order chi connectivity index (χ0) is 18.0. The first-order valence-corrected chi connectivity index (χ1v) is 8.82. The minimum absolute atomic E-state index is 0.208. The molecule has 0 radical (unpaired) electrons. The molecule has 25 heavy (non-hydrogen) atoms. The fourth-order valence-corrected chi connectivity index (χ4v) is 3.80. The molecule has 0 atom stereocenters. The van der Waals surface area contributed by atoms with Gasteiger partial charge in [-0.05, 0) is 48.0 Å². The number of anilines is 1. The molecule has 0 saturated carbocycles. The predicted molar refractivity (Wildman–Crippen MR) is 105 cm³/mol. The van der Waals surface area contributed by atoms with Crippen LogP contribution in [-0.4, -0.2) is 23.3 Å². The number of methoxy groups -OCH3 is 1. The van der Waals surface area contributed by atoms with Gasteiger partial charge in [0.15, 0.2) is 4.32 Å². The lowest BCUT2D eigenvalue weighted by Crippen LogP contribution is -2.27. The van der Waals surface area contributed by atoms with Gasteiger partial charge in [0.2, 0.25) is 0 Å². The van der Waals surface area contributed by atoms with Crippen LogP contribution in [-0.2, 0) is 9.53 Å². The van der Waals surface area contributed by atoms with Crippen molar-refractivity contribution in [1.82, 2.24) is 0 Å². The minimum atomic E-state index is -0.433. The second kappa shape index (κ2) is 7.39. The average molecular weight is 390 g/mol. The first-order chi connectivity index (χ1) is 12.0. The van der Waals surface area contributed by atoms with E-state index >= 15 is 0 Å². The Morgan fingerprint density at radius 3 is 2.60 bits per heavy atom. The summed E-state index contributed by atoms with van der Waals surface area (Å²) in [6, 6.07) is 13.8. The normalized spacial score (nSPS) is 15.8. The van der Waals surface area contributed by atoms with Crippen LogP contribution in [0.1, 0.15) is 15.9 Å². The van der Waals surface area contributed by atoms with E-state index in [9.17, 15) is 9.59 Å². The number of amides is 1. The van der Waals surface area contributed by atoms with E-state index in [1.807, 2.05) is 12.1 Å². The fraction of sp³-hybridized carbons (Fsp3) is 0.0556. The molecule has 2 aromatic rings. The van der Waals surface area contributed by atoms with Crippen molar-refractivity contribution in [2.75, 3.05) is 12.0 Å². The number of hydrogen-bond acceptors (Lipinski definition) is 5. The van der Waals surface area contributed by atoms with Gasteiger partial charge in [-0.2, -0.15) is 0 Å². The van der Waals surface area contributed by atoms with Crippen LogP contribution < -0.4 is 4.90 Å². The highest BCUT2D eigenvalue weighted by Crippen LogP contribution is 2.36. The van der Waals surface area contributed by atoms with Crippen LogP contribution in [0.25, 0.3) is 6.08 Å². The van der Waals surface area contributed by atoms with Crippen molar-refractivity contribution >= 4 is 63.5 Å². The standard InChI is InChI=1S/C18H12ClNO3S2/c1-23-17(22)12-5-7-14(8-6-12)20-16(21)15(25-18(20)24)10-11-3-2-4-13(19)9-11/h2-10H,1H3/b15-10-. The molecule has 0 unspecified atom stereocenters. The molecule has 7 heteroatoms. The lowest BCUT2D eigenvalue weighted by Gasteiger charge is -2.14. The zero-order valence-electron chi connectivity index (χ0n) is 13.1. The van der Waals surface area contributed by atoms with E-state index in [0.29, 0.717) is 25.5 Å². The Kier molecular flexibility index (Phi) is 5.22. The summed E-state index contributed by atoms with van der Waals surface area (Å²) in [5.74, 6) is -0.640. The summed E-state index contributed by atoms with van der Waals surface area (Å²) in [5.41, 5.74) is 1.84. The molecular formula is C18H12ClNO3S2. The zero-order valence-corrected chi connectivity index (χ0v) is 15.5. The van der Waals surface area contributed by atoms with Crippen LogP contribution in [0.2, 0.25) is 5.02 Å². The Morgan fingerprint density at radius 2 is 1.96 bits per heavy atom. The molecule has 0 aromatic heterocycles. The van der Waals surface area contributed by atoms with E-state index in [0.717, 1.165) is 5.56 Å². The molecule has 0 N–H and O–H groups in total. The van der Waals surface area contributed by atoms with Crippen LogP contribution in [0.4, 0.5) is 5.69 Å². The summed E-state index contributed by atoms with van der Waals surface area (Å²) in [7, 11) is 1.32. The highest BCUT2D eigenvalue weighted by atomic mass is 35.5. The van der Waals surface area contributed by atoms with Crippen molar-refractivity contribution in [3.05, 3.63) is 69.6 Å². The van der Waals surface area contributed by atoms with Crippen LogP contribution in [0.3, 0.4) is 0 Å². The van der Waals surface area contributed by atoms with Gasteiger partial charge >= 0.3 is 5.97 Å². The first-order valence-electron chi connectivity index (χ1n) is 7.21. The van der Waals surface area contributed by atoms with E-state index < -0.39 is 5.97 Å². The van der Waals surface area contributed by atoms with Gasteiger partial charge < -0.3 is 4.74 Å². The second-order valence-corrected chi connectivity index (χ2v) is 7.22. The molecule has 126 valence electrons. The van der Waals surface area contributed by atoms with Gasteiger partial charge in [0.05, 0.1) is 23.3 Å². The highest BCUT2D eigenvalue weighted by molar-refractivity contribution is 8.27. The number of carbonyl (C=O) groups excluding carboxylic acids is 2. The van der Waals surface area contributed by atoms with Crippen LogP contribution in [0.5, 0.6) is 0 Å². The van der Waals surface area contributed by atoms with Crippen molar-refractivity contribution < 1.29 is 14.3 Å². The molecular weight excluding hydrogens is 378 g/mol. The van der Waals surface area contributed by atoms with E-state index in [2.05, 4.69) is 4.74 Å². The molecule has 1 saturated heterocycles. The average Bonchev–Trinajstić information content (AvgIpc) is 2.88. The number of hydrogen-bond donors (Lipinski definition) is 0. The number of esters is 1. The van der Waals surface area contributed by atoms with Crippen molar-refractivity contribution in [1.29, 1.82) is 0 Å². The monoisotopic (exact) mass is 389 g/mol. The lowest BCUT2D eigenvalue weighted by molar-refractivity contribution is -0.113. The minimum Gasteiger partial charge on any atom is -0.465 e. The number of carbonyl (C=O) groups is 2. The molecule has 0 aliphatic carbocycles. The van der Waals surface area contributed by atoms with E-state index in [1.165, 1.54) is 23.8 Å². The van der Waals surface area contributed by atoms with E-state index in [1.54, 1.807) is 42.5 Å². The molecule has 1 amide bonds. The summed E-state index contributed by atoms with van der Waals surface area (Å²) in [6.45, 7) is 0. The van der Waals surface area contributed by atoms with Crippen molar-refractivity contribution in [2.24, 2.45) is 0 Å². The van der Waals surface area contributed by atoms with Gasteiger partial charge in [-0.25, -0.2) is 4.79 Å². The molecule has 1 heterocycles. The van der Waals surface area contributed by atoms with Gasteiger partial charge in [-0.15, -0.1) is 0 Å². The summed E-state index contributed by atoms with van der Waals surface area (Å²) in [5, 5.41) is 0.600. The van der Waals surface area contributed by atoms with E-state index in [4.69, 9.17) is 23.8 Å². The third kappa shape index (κ3) is 3.76. The van der Waals surface area contributed by atoms with Crippen molar-refractivity contribution in [3.8, 4) is 0 Å². The van der Waals surface area contributed by atoms with Gasteiger partial charge in [-0.1, -0.05) is 47.7 Å². The molecule has 1 aliphatic rings.